The molecule has 1 fully saturated rings. The predicted molar refractivity (Wildman–Crippen MR) is 82.6 cm³/mol. The van der Waals surface area contributed by atoms with E-state index in [2.05, 4.69) is 15.6 Å². The van der Waals surface area contributed by atoms with Gasteiger partial charge in [-0.2, -0.15) is 0 Å². The quantitative estimate of drug-likeness (QED) is 0.838. The van der Waals surface area contributed by atoms with Gasteiger partial charge in [0.1, 0.15) is 6.17 Å². The van der Waals surface area contributed by atoms with E-state index < -0.39 is 17.7 Å². The Hall–Kier alpha value is -2.41. The van der Waals surface area contributed by atoms with Crippen molar-refractivity contribution >= 4 is 23.0 Å². The Morgan fingerprint density at radius 1 is 1.48 bits per heavy atom. The summed E-state index contributed by atoms with van der Waals surface area (Å²) in [5.41, 5.74) is 0.318. The van der Waals surface area contributed by atoms with E-state index in [1.54, 1.807) is 12.1 Å². The molecule has 3 heterocycles. The van der Waals surface area contributed by atoms with Crippen LogP contribution in [0, 0.1) is 5.92 Å². The Bertz CT molecular complexity index is 783. The minimum atomic E-state index is -0.719. The molecule has 122 valence electrons. The Balaban J connectivity index is 2.08. The second-order valence-electron chi connectivity index (χ2n) is 6.14. The molecule has 3 rings (SSSR count). The summed E-state index contributed by atoms with van der Waals surface area (Å²) in [5.74, 6) is -0.604. The van der Waals surface area contributed by atoms with E-state index in [0.717, 1.165) is 5.39 Å². The molecular formula is C16H19N3O4. The zero-order valence-corrected chi connectivity index (χ0v) is 13.5. The molecule has 0 spiro atoms. The molecule has 2 aromatic rings. The Kier molecular flexibility index (Phi) is 3.60. The van der Waals surface area contributed by atoms with Gasteiger partial charge in [-0.15, -0.1) is 0 Å². The molecule has 1 saturated heterocycles. The molecule has 2 atom stereocenters. The van der Waals surface area contributed by atoms with Crippen LogP contribution in [0.25, 0.3) is 11.1 Å². The van der Waals surface area contributed by atoms with E-state index in [4.69, 9.17) is 9.15 Å². The average molecular weight is 317 g/mol. The lowest BCUT2D eigenvalue weighted by Crippen LogP contribution is -2.48. The third-order valence-corrected chi connectivity index (χ3v) is 4.51. The van der Waals surface area contributed by atoms with Crippen LogP contribution in [0.3, 0.4) is 0 Å². The van der Waals surface area contributed by atoms with Crippen LogP contribution in [0.1, 0.15) is 43.0 Å². The van der Waals surface area contributed by atoms with Gasteiger partial charge in [-0.25, -0.2) is 9.78 Å². The first-order valence-electron chi connectivity index (χ1n) is 7.42. The number of amides is 1. The van der Waals surface area contributed by atoms with E-state index in [1.807, 2.05) is 20.8 Å². The number of pyridine rings is 1. The standard InChI is InChI=1S/C16H19N3O4/c1-8(2)16(3)15(21)18-12(19-16)10-7-9-5-6-23-13(9)17-11(10)14(20)22-4/h5-8,12,19H,1-4H3,(H,18,21). The molecule has 0 aliphatic carbocycles. The topological polar surface area (TPSA) is 93.5 Å². The predicted octanol–water partition coefficient (Wildman–Crippen LogP) is 1.75. The second-order valence-corrected chi connectivity index (χ2v) is 6.14. The maximum Gasteiger partial charge on any atom is 0.357 e. The van der Waals surface area contributed by atoms with Crippen molar-refractivity contribution in [3.8, 4) is 0 Å². The number of ether oxygens (including phenoxy) is 1. The highest BCUT2D eigenvalue weighted by Gasteiger charge is 2.46. The van der Waals surface area contributed by atoms with E-state index in [1.165, 1.54) is 13.4 Å². The number of hydrogen-bond acceptors (Lipinski definition) is 6. The summed E-state index contributed by atoms with van der Waals surface area (Å²) in [5, 5.41) is 6.91. The molecule has 0 saturated carbocycles. The minimum absolute atomic E-state index is 0.0830. The smallest absolute Gasteiger partial charge is 0.357 e. The zero-order chi connectivity index (χ0) is 16.8. The van der Waals surface area contributed by atoms with E-state index in [0.29, 0.717) is 11.3 Å². The van der Waals surface area contributed by atoms with Crippen molar-refractivity contribution in [1.29, 1.82) is 0 Å². The van der Waals surface area contributed by atoms with Crippen molar-refractivity contribution in [2.45, 2.75) is 32.5 Å². The highest BCUT2D eigenvalue weighted by molar-refractivity contribution is 5.94. The summed E-state index contributed by atoms with van der Waals surface area (Å²) in [6.07, 6.45) is 0.984. The summed E-state index contributed by atoms with van der Waals surface area (Å²) in [4.78, 5) is 28.7. The first kappa shape index (κ1) is 15.5. The number of rotatable bonds is 3. The fourth-order valence-corrected chi connectivity index (χ4v) is 2.66. The largest absolute Gasteiger partial charge is 0.464 e. The maximum atomic E-state index is 12.4. The van der Waals surface area contributed by atoms with Gasteiger partial charge in [0.25, 0.3) is 0 Å². The molecule has 1 aliphatic heterocycles. The van der Waals surface area contributed by atoms with Crippen LogP contribution in [0.5, 0.6) is 0 Å². The van der Waals surface area contributed by atoms with Crippen LogP contribution in [0.2, 0.25) is 0 Å². The van der Waals surface area contributed by atoms with Crippen molar-refractivity contribution in [3.63, 3.8) is 0 Å². The number of hydrogen-bond donors (Lipinski definition) is 2. The number of nitrogens with one attached hydrogen (secondary N) is 2. The van der Waals surface area contributed by atoms with Crippen molar-refractivity contribution in [1.82, 2.24) is 15.6 Å². The zero-order valence-electron chi connectivity index (χ0n) is 13.5. The first-order chi connectivity index (χ1) is 10.9. The average Bonchev–Trinajstić information content (AvgIpc) is 3.10. The van der Waals surface area contributed by atoms with Crippen molar-refractivity contribution < 1.29 is 18.7 Å². The third kappa shape index (κ3) is 2.37. The molecule has 1 aliphatic rings. The Labute approximate surface area is 133 Å². The van der Waals surface area contributed by atoms with Crippen molar-refractivity contribution in [3.05, 3.63) is 29.7 Å². The summed E-state index contributed by atoms with van der Waals surface area (Å²) in [6.45, 7) is 5.77. The number of carbonyl (C=O) groups is 2. The molecule has 0 radical (unpaired) electrons. The molecule has 2 aromatic heterocycles. The lowest BCUT2D eigenvalue weighted by atomic mass is 9.89. The number of furan rings is 1. The van der Waals surface area contributed by atoms with Gasteiger partial charge in [-0.1, -0.05) is 13.8 Å². The van der Waals surface area contributed by atoms with Gasteiger partial charge >= 0.3 is 5.97 Å². The van der Waals surface area contributed by atoms with Crippen LogP contribution in [-0.2, 0) is 9.53 Å². The van der Waals surface area contributed by atoms with Crippen LogP contribution in [-0.4, -0.2) is 29.5 Å². The molecule has 7 nitrogen and oxygen atoms in total. The normalized spacial score (nSPS) is 24.2. The highest BCUT2D eigenvalue weighted by Crippen LogP contribution is 2.30. The van der Waals surface area contributed by atoms with Crippen LogP contribution < -0.4 is 10.6 Å². The highest BCUT2D eigenvalue weighted by atomic mass is 16.5. The van der Waals surface area contributed by atoms with Gasteiger partial charge < -0.3 is 14.5 Å². The Morgan fingerprint density at radius 2 is 2.22 bits per heavy atom. The van der Waals surface area contributed by atoms with Gasteiger partial charge in [-0.3, -0.25) is 10.1 Å². The number of nitrogens with zero attached hydrogens (tertiary/aromatic N) is 1. The summed E-state index contributed by atoms with van der Waals surface area (Å²) in [6, 6.07) is 3.54. The Morgan fingerprint density at radius 3 is 2.83 bits per heavy atom. The van der Waals surface area contributed by atoms with Crippen molar-refractivity contribution in [2.24, 2.45) is 5.92 Å². The molecule has 23 heavy (non-hydrogen) atoms. The van der Waals surface area contributed by atoms with Gasteiger partial charge in [0.05, 0.1) is 18.9 Å². The molecule has 0 bridgehead atoms. The van der Waals surface area contributed by atoms with Gasteiger partial charge in [0.15, 0.2) is 5.69 Å². The van der Waals surface area contributed by atoms with Crippen LogP contribution in [0.4, 0.5) is 0 Å². The fourth-order valence-electron chi connectivity index (χ4n) is 2.66. The molecule has 0 aromatic carbocycles. The van der Waals surface area contributed by atoms with Gasteiger partial charge in [0.2, 0.25) is 11.6 Å². The molecular weight excluding hydrogens is 298 g/mol. The van der Waals surface area contributed by atoms with Crippen molar-refractivity contribution in [2.75, 3.05) is 7.11 Å². The number of aromatic nitrogens is 1. The van der Waals surface area contributed by atoms with E-state index in [9.17, 15) is 9.59 Å². The maximum absolute atomic E-state index is 12.4. The minimum Gasteiger partial charge on any atom is -0.464 e. The number of carbonyl (C=O) groups excluding carboxylic acids is 2. The fraction of sp³-hybridized carbons (Fsp3) is 0.438. The molecule has 2 N–H and O–H groups in total. The summed E-state index contributed by atoms with van der Waals surface area (Å²) in [7, 11) is 1.29. The molecule has 2 unspecified atom stereocenters. The number of methoxy groups -OCH3 is 1. The molecule has 7 heteroatoms. The molecule has 1 amide bonds. The third-order valence-electron chi connectivity index (χ3n) is 4.51. The van der Waals surface area contributed by atoms with Crippen LogP contribution in [0.15, 0.2) is 22.8 Å². The SMILES string of the molecule is COC(=O)c1nc2occc2cc1C1NC(=O)C(C)(C(C)C)N1. The van der Waals surface area contributed by atoms with E-state index >= 15 is 0 Å². The number of esters is 1. The monoisotopic (exact) mass is 317 g/mol. The lowest BCUT2D eigenvalue weighted by molar-refractivity contribution is -0.125. The van der Waals surface area contributed by atoms with E-state index in [-0.39, 0.29) is 17.5 Å². The van der Waals surface area contributed by atoms with Crippen LogP contribution >= 0.6 is 0 Å². The van der Waals surface area contributed by atoms with Gasteiger partial charge in [-0.05, 0) is 25.0 Å². The first-order valence-corrected chi connectivity index (χ1v) is 7.42. The number of fused-ring (bicyclic) bond motifs is 1. The second kappa shape index (κ2) is 5.34. The summed E-state index contributed by atoms with van der Waals surface area (Å²) >= 11 is 0. The summed E-state index contributed by atoms with van der Waals surface area (Å²) < 4.78 is 10.0. The lowest BCUT2D eigenvalue weighted by Gasteiger charge is -2.26. The van der Waals surface area contributed by atoms with Gasteiger partial charge in [0, 0.05) is 10.9 Å².